The lowest BCUT2D eigenvalue weighted by atomic mass is 9.47. The highest BCUT2D eigenvalue weighted by Gasteiger charge is 2.58. The molecule has 3 fully saturated rings. The van der Waals surface area contributed by atoms with Crippen molar-refractivity contribution in [2.24, 2.45) is 52.3 Å². The van der Waals surface area contributed by atoms with Gasteiger partial charge in [-0.25, -0.2) is 0 Å². The molecule has 1 unspecified atom stereocenters. The molecule has 0 amide bonds. The van der Waals surface area contributed by atoms with E-state index < -0.39 is 0 Å². The van der Waals surface area contributed by atoms with Gasteiger partial charge in [0.15, 0.2) is 0 Å². The molecule has 1 N–H and O–H groups in total. The molecule has 0 aromatic rings. The number of fused-ring (bicyclic) bond motifs is 5. The van der Waals surface area contributed by atoms with Crippen molar-refractivity contribution < 1.29 is 5.11 Å². The van der Waals surface area contributed by atoms with Crippen LogP contribution in [0.1, 0.15) is 105 Å². The van der Waals surface area contributed by atoms with Crippen LogP contribution in [0.5, 0.6) is 0 Å². The molecule has 1 nitrogen and oxygen atoms in total. The zero-order valence-corrected chi connectivity index (χ0v) is 20.1. The Morgan fingerprint density at radius 2 is 1.76 bits per heavy atom. The van der Waals surface area contributed by atoms with E-state index in [4.69, 9.17) is 0 Å². The van der Waals surface area contributed by atoms with Crippen molar-refractivity contribution in [3.05, 3.63) is 11.6 Å². The molecule has 0 spiro atoms. The van der Waals surface area contributed by atoms with Gasteiger partial charge in [0.2, 0.25) is 0 Å². The first-order valence-corrected chi connectivity index (χ1v) is 13.1. The molecule has 0 aromatic heterocycles. The van der Waals surface area contributed by atoms with E-state index in [0.29, 0.717) is 29.3 Å². The minimum Gasteiger partial charge on any atom is -0.396 e. The second-order valence-electron chi connectivity index (χ2n) is 12.4. The third-order valence-electron chi connectivity index (χ3n) is 11.1. The standard InChI is InChI=1S/C28H48O/c1-19(21(3)18-29)9-10-20(2)24-13-14-25-23-12-11-22-8-6-7-16-27(22,4)26(23)15-17-28(24,25)5/h11,19-21,23-26,29H,6-10,12-18H2,1-5H3/t19-,20-,21?,23+,24-,25+,26+,27+,28-/m1/s1. The van der Waals surface area contributed by atoms with Gasteiger partial charge in [0.05, 0.1) is 0 Å². The molecule has 0 saturated heterocycles. The maximum Gasteiger partial charge on any atom is 0.0459 e. The highest BCUT2D eigenvalue weighted by atomic mass is 16.3. The summed E-state index contributed by atoms with van der Waals surface area (Å²) in [5.41, 5.74) is 2.98. The van der Waals surface area contributed by atoms with Crippen LogP contribution < -0.4 is 0 Å². The summed E-state index contributed by atoms with van der Waals surface area (Å²) in [6.07, 6.45) is 18.5. The first kappa shape index (κ1) is 21.9. The third-order valence-corrected chi connectivity index (χ3v) is 11.1. The predicted molar refractivity (Wildman–Crippen MR) is 124 cm³/mol. The molecule has 4 aliphatic rings. The Hall–Kier alpha value is -0.300. The Kier molecular flexibility index (Phi) is 6.29. The number of allylic oxidation sites excluding steroid dienone is 2. The number of hydrogen-bond acceptors (Lipinski definition) is 1. The minimum absolute atomic E-state index is 0.343. The molecule has 0 radical (unpaired) electrons. The molecule has 4 rings (SSSR count). The normalized spacial score (nSPS) is 44.8. The van der Waals surface area contributed by atoms with Crippen LogP contribution in [0.25, 0.3) is 0 Å². The summed E-state index contributed by atoms with van der Waals surface area (Å²) in [6, 6.07) is 0. The van der Waals surface area contributed by atoms with Crippen molar-refractivity contribution in [3.8, 4) is 0 Å². The molecule has 4 aliphatic carbocycles. The maximum absolute atomic E-state index is 9.49. The largest absolute Gasteiger partial charge is 0.396 e. The first-order valence-electron chi connectivity index (χ1n) is 13.1. The lowest BCUT2D eigenvalue weighted by Crippen LogP contribution is -2.50. The SMILES string of the molecule is CC(CO)[C@H](C)CC[C@@H](C)[C@H]1CC[C@H]2[C@@H]3CC=C4CCCC[C@]4(C)[C@H]3CC[C@]12C. The van der Waals surface area contributed by atoms with Crippen molar-refractivity contribution in [1.29, 1.82) is 0 Å². The smallest absolute Gasteiger partial charge is 0.0459 e. The van der Waals surface area contributed by atoms with Gasteiger partial charge >= 0.3 is 0 Å². The van der Waals surface area contributed by atoms with E-state index in [9.17, 15) is 5.11 Å². The van der Waals surface area contributed by atoms with Crippen LogP contribution in [0.2, 0.25) is 0 Å². The monoisotopic (exact) mass is 400 g/mol. The summed E-state index contributed by atoms with van der Waals surface area (Å²) >= 11 is 0. The third kappa shape index (κ3) is 3.66. The number of aliphatic hydroxyl groups is 1. The predicted octanol–water partition coefficient (Wildman–Crippen LogP) is 7.64. The van der Waals surface area contributed by atoms with Gasteiger partial charge in [-0.2, -0.15) is 0 Å². The molecule has 0 aromatic carbocycles. The van der Waals surface area contributed by atoms with E-state index in [-0.39, 0.29) is 0 Å². The lowest BCUT2D eigenvalue weighted by Gasteiger charge is -2.58. The zero-order chi connectivity index (χ0) is 20.8. The molecule has 3 saturated carbocycles. The summed E-state index contributed by atoms with van der Waals surface area (Å²) < 4.78 is 0. The number of rotatable bonds is 6. The molecule has 29 heavy (non-hydrogen) atoms. The fourth-order valence-electron chi connectivity index (χ4n) is 8.86. The fourth-order valence-corrected chi connectivity index (χ4v) is 8.86. The maximum atomic E-state index is 9.49. The van der Waals surface area contributed by atoms with Gasteiger partial charge < -0.3 is 5.11 Å². The molecular formula is C28H48O. The van der Waals surface area contributed by atoms with Crippen molar-refractivity contribution in [2.45, 2.75) is 105 Å². The summed E-state index contributed by atoms with van der Waals surface area (Å²) in [4.78, 5) is 0. The lowest BCUT2D eigenvalue weighted by molar-refractivity contribution is -0.0503. The van der Waals surface area contributed by atoms with Gasteiger partial charge in [-0.05, 0) is 104 Å². The highest BCUT2D eigenvalue weighted by Crippen LogP contribution is 2.67. The summed E-state index contributed by atoms with van der Waals surface area (Å²) in [7, 11) is 0. The van der Waals surface area contributed by atoms with Crippen molar-refractivity contribution in [3.63, 3.8) is 0 Å². The number of aliphatic hydroxyl groups excluding tert-OH is 1. The van der Waals surface area contributed by atoms with Gasteiger partial charge in [-0.15, -0.1) is 0 Å². The van der Waals surface area contributed by atoms with E-state index in [1.165, 1.54) is 70.6 Å². The minimum atomic E-state index is 0.343. The molecule has 166 valence electrons. The van der Waals surface area contributed by atoms with Gasteiger partial charge in [-0.1, -0.05) is 65.5 Å². The highest BCUT2D eigenvalue weighted by molar-refractivity contribution is 5.24. The summed E-state index contributed by atoms with van der Waals surface area (Å²) in [6.45, 7) is 12.8. The zero-order valence-electron chi connectivity index (χ0n) is 20.1. The Morgan fingerprint density at radius 3 is 2.52 bits per heavy atom. The Balaban J connectivity index is 1.46. The van der Waals surface area contributed by atoms with Crippen LogP contribution in [0.3, 0.4) is 0 Å². The second-order valence-corrected chi connectivity index (χ2v) is 12.4. The van der Waals surface area contributed by atoms with Crippen molar-refractivity contribution in [2.75, 3.05) is 6.61 Å². The Labute approximate surface area is 181 Å². The van der Waals surface area contributed by atoms with Crippen LogP contribution in [-0.2, 0) is 0 Å². The van der Waals surface area contributed by atoms with E-state index in [0.717, 1.165) is 29.6 Å². The Morgan fingerprint density at radius 1 is 0.966 bits per heavy atom. The van der Waals surface area contributed by atoms with Gasteiger partial charge in [-0.3, -0.25) is 0 Å². The second kappa shape index (κ2) is 8.33. The average Bonchev–Trinajstić information content (AvgIpc) is 3.08. The topological polar surface area (TPSA) is 20.2 Å². The summed E-state index contributed by atoms with van der Waals surface area (Å²) in [5, 5.41) is 9.49. The van der Waals surface area contributed by atoms with E-state index >= 15 is 0 Å². The van der Waals surface area contributed by atoms with E-state index in [1.54, 1.807) is 0 Å². The molecule has 9 atom stereocenters. The van der Waals surface area contributed by atoms with Crippen molar-refractivity contribution >= 4 is 0 Å². The fraction of sp³-hybridized carbons (Fsp3) is 0.929. The van der Waals surface area contributed by atoms with Crippen molar-refractivity contribution in [1.82, 2.24) is 0 Å². The van der Waals surface area contributed by atoms with E-state index in [1.807, 2.05) is 5.57 Å². The van der Waals surface area contributed by atoms with Gasteiger partial charge in [0, 0.05) is 6.61 Å². The summed E-state index contributed by atoms with van der Waals surface area (Å²) in [5.74, 6) is 5.77. The van der Waals surface area contributed by atoms with Crippen LogP contribution in [0.4, 0.5) is 0 Å². The van der Waals surface area contributed by atoms with Crippen LogP contribution >= 0.6 is 0 Å². The molecule has 1 heteroatoms. The van der Waals surface area contributed by atoms with Gasteiger partial charge in [0.1, 0.15) is 0 Å². The quantitative estimate of drug-likeness (QED) is 0.454. The van der Waals surface area contributed by atoms with Crippen LogP contribution in [0.15, 0.2) is 11.6 Å². The number of hydrogen-bond donors (Lipinski definition) is 1. The first-order chi connectivity index (χ1) is 13.8. The van der Waals surface area contributed by atoms with E-state index in [2.05, 4.69) is 40.7 Å². The molecule has 0 heterocycles. The Bertz CT molecular complexity index is 607. The van der Waals surface area contributed by atoms with Crippen LogP contribution in [-0.4, -0.2) is 11.7 Å². The van der Waals surface area contributed by atoms with Crippen LogP contribution in [0, 0.1) is 52.3 Å². The molecule has 0 aliphatic heterocycles. The average molecular weight is 401 g/mol. The molecule has 0 bridgehead atoms. The molecular weight excluding hydrogens is 352 g/mol. The van der Waals surface area contributed by atoms with Gasteiger partial charge in [0.25, 0.3) is 0 Å².